The van der Waals surface area contributed by atoms with Crippen molar-refractivity contribution in [3.8, 4) is 0 Å². The molecule has 0 aliphatic rings. The Kier molecular flexibility index (Phi) is 7.79. The van der Waals surface area contributed by atoms with Crippen molar-refractivity contribution in [2.75, 3.05) is 13.2 Å². The summed E-state index contributed by atoms with van der Waals surface area (Å²) >= 11 is 15.1. The van der Waals surface area contributed by atoms with E-state index in [2.05, 4.69) is 20.7 Å². The molecule has 0 radical (unpaired) electrons. The summed E-state index contributed by atoms with van der Waals surface area (Å²) in [4.78, 5) is -0.0978. The van der Waals surface area contributed by atoms with Crippen LogP contribution in [0.5, 0.6) is 0 Å². The van der Waals surface area contributed by atoms with Gasteiger partial charge in [-0.2, -0.15) is 0 Å². The monoisotopic (exact) mass is 403 g/mol. The summed E-state index contributed by atoms with van der Waals surface area (Å²) < 4.78 is 27.4. The van der Waals surface area contributed by atoms with E-state index in [1.807, 2.05) is 0 Å². The average molecular weight is 405 g/mol. The van der Waals surface area contributed by atoms with Crippen LogP contribution in [-0.4, -0.2) is 26.7 Å². The fraction of sp³-hybridized carbons (Fsp3) is 0.500. The van der Waals surface area contributed by atoms with Crippen LogP contribution in [0.15, 0.2) is 21.5 Å². The van der Waals surface area contributed by atoms with Crippen molar-refractivity contribution >= 4 is 49.2 Å². The molecule has 0 unspecified atom stereocenters. The Morgan fingerprint density at radius 2 is 1.65 bits per heavy atom. The van der Waals surface area contributed by atoms with Crippen molar-refractivity contribution in [2.24, 2.45) is 0 Å². The first kappa shape index (κ1) is 18.2. The molecule has 0 aliphatic carbocycles. The molecule has 1 aromatic rings. The van der Waals surface area contributed by atoms with Gasteiger partial charge >= 0.3 is 0 Å². The Bertz CT molecular complexity index is 529. The average Bonchev–Trinajstić information content (AvgIpc) is 2.31. The van der Waals surface area contributed by atoms with Gasteiger partial charge < -0.3 is 5.11 Å². The highest BCUT2D eigenvalue weighted by atomic mass is 79.9. The van der Waals surface area contributed by atoms with E-state index in [0.717, 1.165) is 19.3 Å². The molecule has 8 heteroatoms. The number of rotatable bonds is 8. The maximum atomic E-state index is 12.1. The highest BCUT2D eigenvalue weighted by Crippen LogP contribution is 2.32. The zero-order valence-electron chi connectivity index (χ0n) is 10.7. The second-order valence-electron chi connectivity index (χ2n) is 4.23. The van der Waals surface area contributed by atoms with Crippen molar-refractivity contribution in [1.82, 2.24) is 4.72 Å². The largest absolute Gasteiger partial charge is 0.396 e. The van der Waals surface area contributed by atoms with Crippen molar-refractivity contribution in [3.63, 3.8) is 0 Å². The summed E-state index contributed by atoms with van der Waals surface area (Å²) in [5.74, 6) is 0. The van der Waals surface area contributed by atoms with E-state index in [4.69, 9.17) is 28.3 Å². The van der Waals surface area contributed by atoms with Crippen molar-refractivity contribution in [2.45, 2.75) is 30.6 Å². The van der Waals surface area contributed by atoms with Crippen LogP contribution in [0.1, 0.15) is 25.7 Å². The first-order chi connectivity index (χ1) is 9.38. The van der Waals surface area contributed by atoms with Gasteiger partial charge in [0.1, 0.15) is 4.90 Å². The topological polar surface area (TPSA) is 66.4 Å². The van der Waals surface area contributed by atoms with Crippen LogP contribution >= 0.6 is 39.1 Å². The van der Waals surface area contributed by atoms with Crippen molar-refractivity contribution in [3.05, 3.63) is 26.7 Å². The zero-order valence-corrected chi connectivity index (χ0v) is 14.6. The van der Waals surface area contributed by atoms with E-state index >= 15 is 0 Å². The SMILES string of the molecule is O=S(=O)(NCCCCCCO)c1c(Cl)cc(Br)cc1Cl. The van der Waals surface area contributed by atoms with Crippen LogP contribution in [0.25, 0.3) is 0 Å². The van der Waals surface area contributed by atoms with Gasteiger partial charge in [-0.25, -0.2) is 13.1 Å². The number of aliphatic hydroxyl groups is 1. The highest BCUT2D eigenvalue weighted by molar-refractivity contribution is 9.10. The summed E-state index contributed by atoms with van der Waals surface area (Å²) in [7, 11) is -3.72. The molecule has 0 heterocycles. The minimum Gasteiger partial charge on any atom is -0.396 e. The fourth-order valence-electron chi connectivity index (χ4n) is 1.65. The number of benzene rings is 1. The maximum Gasteiger partial charge on any atom is 0.243 e. The Balaban J connectivity index is 2.66. The Morgan fingerprint density at radius 3 is 2.20 bits per heavy atom. The lowest BCUT2D eigenvalue weighted by atomic mass is 10.2. The van der Waals surface area contributed by atoms with E-state index < -0.39 is 10.0 Å². The number of hydrogen-bond acceptors (Lipinski definition) is 3. The lowest BCUT2D eigenvalue weighted by molar-refractivity contribution is 0.282. The quantitative estimate of drug-likeness (QED) is 0.650. The molecule has 1 aromatic carbocycles. The molecular formula is C12H16BrCl2NO3S. The highest BCUT2D eigenvalue weighted by Gasteiger charge is 2.21. The minimum atomic E-state index is -3.72. The third kappa shape index (κ3) is 5.50. The number of aliphatic hydroxyl groups excluding tert-OH is 1. The molecule has 1 rings (SSSR count). The third-order valence-electron chi connectivity index (χ3n) is 2.61. The van der Waals surface area contributed by atoms with Gasteiger partial charge in [0.15, 0.2) is 0 Å². The second kappa shape index (κ2) is 8.56. The Hall–Kier alpha value is 0.150. The lowest BCUT2D eigenvalue weighted by Crippen LogP contribution is -2.25. The molecule has 0 saturated carbocycles. The predicted molar refractivity (Wildman–Crippen MR) is 84.9 cm³/mol. The zero-order chi connectivity index (χ0) is 15.2. The van der Waals surface area contributed by atoms with Crippen LogP contribution in [0.2, 0.25) is 10.0 Å². The smallest absolute Gasteiger partial charge is 0.243 e. The summed E-state index contributed by atoms with van der Waals surface area (Å²) in [6, 6.07) is 2.98. The van der Waals surface area contributed by atoms with Gasteiger partial charge in [0, 0.05) is 17.6 Å². The van der Waals surface area contributed by atoms with E-state index in [1.165, 1.54) is 12.1 Å². The standard InChI is InChI=1S/C12H16BrCl2NO3S/c13-9-7-10(14)12(11(15)8-9)20(18,19)16-5-3-1-2-4-6-17/h7-8,16-17H,1-6H2. The molecule has 0 spiro atoms. The lowest BCUT2D eigenvalue weighted by Gasteiger charge is -2.10. The predicted octanol–water partition coefficient (Wildman–Crippen LogP) is 3.59. The van der Waals surface area contributed by atoms with Crippen LogP contribution in [-0.2, 0) is 10.0 Å². The van der Waals surface area contributed by atoms with Gasteiger partial charge in [0.05, 0.1) is 10.0 Å². The molecule has 4 nitrogen and oxygen atoms in total. The number of sulfonamides is 1. The molecule has 0 saturated heterocycles. The molecule has 0 amide bonds. The van der Waals surface area contributed by atoms with Crippen molar-refractivity contribution in [1.29, 1.82) is 0 Å². The fourth-order valence-corrected chi connectivity index (χ4v) is 4.66. The first-order valence-corrected chi connectivity index (χ1v) is 9.17. The van der Waals surface area contributed by atoms with Crippen LogP contribution in [0.3, 0.4) is 0 Å². The Morgan fingerprint density at radius 1 is 1.10 bits per heavy atom. The van der Waals surface area contributed by atoms with Crippen LogP contribution in [0.4, 0.5) is 0 Å². The number of halogens is 3. The van der Waals surface area contributed by atoms with E-state index in [1.54, 1.807) is 0 Å². The normalized spacial score (nSPS) is 11.8. The van der Waals surface area contributed by atoms with Crippen LogP contribution < -0.4 is 4.72 Å². The number of nitrogens with one attached hydrogen (secondary N) is 1. The van der Waals surface area contributed by atoms with E-state index in [-0.39, 0.29) is 21.5 Å². The maximum absolute atomic E-state index is 12.1. The number of hydrogen-bond donors (Lipinski definition) is 2. The van der Waals surface area contributed by atoms with E-state index in [9.17, 15) is 8.42 Å². The van der Waals surface area contributed by atoms with Gasteiger partial charge in [-0.1, -0.05) is 52.0 Å². The van der Waals surface area contributed by atoms with Gasteiger partial charge in [-0.3, -0.25) is 0 Å². The summed E-state index contributed by atoms with van der Waals surface area (Å²) in [6.45, 7) is 0.478. The van der Waals surface area contributed by atoms with Crippen molar-refractivity contribution < 1.29 is 13.5 Å². The second-order valence-corrected chi connectivity index (χ2v) is 7.67. The van der Waals surface area contributed by atoms with Gasteiger partial charge in [-0.15, -0.1) is 0 Å². The molecular weight excluding hydrogens is 389 g/mol. The van der Waals surface area contributed by atoms with Gasteiger partial charge in [0.25, 0.3) is 0 Å². The summed E-state index contributed by atoms with van der Waals surface area (Å²) in [5.41, 5.74) is 0. The Labute approximate surface area is 137 Å². The molecule has 0 bridgehead atoms. The number of unbranched alkanes of at least 4 members (excludes halogenated alkanes) is 3. The minimum absolute atomic E-state index is 0.0807. The van der Waals surface area contributed by atoms with Gasteiger partial charge in [-0.05, 0) is 25.0 Å². The van der Waals surface area contributed by atoms with E-state index in [0.29, 0.717) is 17.4 Å². The molecule has 114 valence electrons. The molecule has 0 aliphatic heterocycles. The molecule has 0 fully saturated rings. The van der Waals surface area contributed by atoms with Gasteiger partial charge in [0.2, 0.25) is 10.0 Å². The first-order valence-electron chi connectivity index (χ1n) is 6.13. The summed E-state index contributed by atoms with van der Waals surface area (Å²) in [5, 5.41) is 8.80. The molecule has 2 N–H and O–H groups in total. The summed E-state index contributed by atoms with van der Waals surface area (Å²) in [6.07, 6.45) is 3.16. The molecule has 20 heavy (non-hydrogen) atoms. The third-order valence-corrected chi connectivity index (χ3v) is 5.45. The van der Waals surface area contributed by atoms with Crippen LogP contribution in [0, 0.1) is 0 Å². The molecule has 0 atom stereocenters. The molecule has 0 aromatic heterocycles.